The highest BCUT2D eigenvalue weighted by Crippen LogP contribution is 2.22. The first-order valence-electron chi connectivity index (χ1n) is 3.89. The van der Waals surface area contributed by atoms with E-state index in [9.17, 15) is 0 Å². The molecule has 0 aliphatic heterocycles. The molecule has 2 rings (SSSR count). The molecule has 0 saturated carbocycles. The van der Waals surface area contributed by atoms with Gasteiger partial charge in [0.25, 0.3) is 0 Å². The van der Waals surface area contributed by atoms with E-state index < -0.39 is 0 Å². The van der Waals surface area contributed by atoms with Crippen molar-refractivity contribution < 1.29 is 0 Å². The molecular weight excluding hydrogens is 168 g/mol. The molecule has 1 radical (unpaired) electrons. The number of hydrogen-bond donors (Lipinski definition) is 0. The third-order valence-electron chi connectivity index (χ3n) is 1.85. The maximum Gasteiger partial charge on any atom is 0.0406 e. The normalized spacial score (nSPS) is 14.9. The van der Waals surface area contributed by atoms with Crippen molar-refractivity contribution in [2.75, 3.05) is 0 Å². The van der Waals surface area contributed by atoms with Crippen LogP contribution in [0.3, 0.4) is 0 Å². The highest BCUT2D eigenvalue weighted by molar-refractivity contribution is 6.30. The molecular formula is C11H8Cl. The van der Waals surface area contributed by atoms with Crippen LogP contribution in [-0.4, -0.2) is 0 Å². The lowest BCUT2D eigenvalue weighted by Crippen LogP contribution is -1.77. The van der Waals surface area contributed by atoms with Crippen molar-refractivity contribution in [1.29, 1.82) is 0 Å². The van der Waals surface area contributed by atoms with Crippen molar-refractivity contribution in [2.45, 2.75) is 6.42 Å². The van der Waals surface area contributed by atoms with E-state index in [0.29, 0.717) is 0 Å². The van der Waals surface area contributed by atoms with Gasteiger partial charge in [0.1, 0.15) is 0 Å². The lowest BCUT2D eigenvalue weighted by atomic mass is 10.1. The summed E-state index contributed by atoms with van der Waals surface area (Å²) in [6, 6.07) is 7.83. The summed E-state index contributed by atoms with van der Waals surface area (Å²) in [5.74, 6) is 0. The second kappa shape index (κ2) is 3.16. The largest absolute Gasteiger partial charge is 0.0843 e. The molecule has 0 aromatic heterocycles. The van der Waals surface area contributed by atoms with Crippen LogP contribution in [0.2, 0.25) is 5.02 Å². The zero-order valence-electron chi connectivity index (χ0n) is 6.55. The molecule has 0 amide bonds. The van der Waals surface area contributed by atoms with Gasteiger partial charge in [-0.25, -0.2) is 0 Å². The van der Waals surface area contributed by atoms with Crippen LogP contribution in [0.5, 0.6) is 0 Å². The van der Waals surface area contributed by atoms with Gasteiger partial charge >= 0.3 is 0 Å². The van der Waals surface area contributed by atoms with Gasteiger partial charge in [-0.15, -0.1) is 0 Å². The maximum absolute atomic E-state index is 5.77. The molecule has 1 aromatic rings. The van der Waals surface area contributed by atoms with E-state index in [1.807, 2.05) is 24.3 Å². The highest BCUT2D eigenvalue weighted by atomic mass is 35.5. The second-order valence-electron chi connectivity index (χ2n) is 2.70. The Balaban J connectivity index is 2.35. The predicted octanol–water partition coefficient (Wildman–Crippen LogP) is 3.49. The van der Waals surface area contributed by atoms with Gasteiger partial charge in [0.05, 0.1) is 0 Å². The summed E-state index contributed by atoms with van der Waals surface area (Å²) >= 11 is 5.77. The van der Waals surface area contributed by atoms with Gasteiger partial charge in [-0.1, -0.05) is 35.9 Å². The maximum atomic E-state index is 5.77. The van der Waals surface area contributed by atoms with Gasteiger partial charge in [-0.3, -0.25) is 0 Å². The average molecular weight is 176 g/mol. The van der Waals surface area contributed by atoms with Crippen LogP contribution in [-0.2, 0) is 0 Å². The van der Waals surface area contributed by atoms with E-state index in [2.05, 4.69) is 18.2 Å². The standard InChI is InChI=1S/C11H8Cl/c12-11-7-5-10(6-8-11)9-3-1-2-4-9/h1,3,5-8H,2H2. The van der Waals surface area contributed by atoms with Gasteiger partial charge in [0.15, 0.2) is 0 Å². The molecule has 1 aromatic carbocycles. The predicted molar refractivity (Wildman–Crippen MR) is 51.9 cm³/mol. The van der Waals surface area contributed by atoms with Crippen LogP contribution < -0.4 is 0 Å². The Hall–Kier alpha value is -1.01. The highest BCUT2D eigenvalue weighted by Gasteiger charge is 2.00. The third-order valence-corrected chi connectivity index (χ3v) is 2.10. The Morgan fingerprint density at radius 1 is 1.17 bits per heavy atom. The summed E-state index contributed by atoms with van der Waals surface area (Å²) in [6.07, 6.45) is 8.37. The fourth-order valence-corrected chi connectivity index (χ4v) is 1.36. The van der Waals surface area contributed by atoms with Crippen molar-refractivity contribution in [3.63, 3.8) is 0 Å². The van der Waals surface area contributed by atoms with Crippen LogP contribution in [0.15, 0.2) is 36.4 Å². The summed E-state index contributed by atoms with van der Waals surface area (Å²) in [5, 5.41) is 0.779. The van der Waals surface area contributed by atoms with Crippen LogP contribution in [0, 0.1) is 6.08 Å². The Labute approximate surface area is 77.2 Å². The van der Waals surface area contributed by atoms with Crippen molar-refractivity contribution in [3.8, 4) is 0 Å². The van der Waals surface area contributed by atoms with Crippen LogP contribution in [0.4, 0.5) is 0 Å². The zero-order chi connectivity index (χ0) is 8.39. The first-order valence-corrected chi connectivity index (χ1v) is 4.27. The molecule has 1 aliphatic rings. The molecule has 0 saturated heterocycles. The zero-order valence-corrected chi connectivity index (χ0v) is 7.31. The topological polar surface area (TPSA) is 0 Å². The number of benzene rings is 1. The Bertz CT molecular complexity index is 331. The lowest BCUT2D eigenvalue weighted by Gasteiger charge is -1.98. The summed E-state index contributed by atoms with van der Waals surface area (Å²) in [5.41, 5.74) is 2.36. The summed E-state index contributed by atoms with van der Waals surface area (Å²) in [4.78, 5) is 0. The molecule has 0 heterocycles. The molecule has 1 aliphatic carbocycles. The first kappa shape index (κ1) is 7.63. The lowest BCUT2D eigenvalue weighted by molar-refractivity contribution is 1.40. The van der Waals surface area contributed by atoms with E-state index in [0.717, 1.165) is 11.4 Å². The van der Waals surface area contributed by atoms with Gasteiger partial charge in [-0.05, 0) is 35.8 Å². The van der Waals surface area contributed by atoms with Crippen molar-refractivity contribution in [3.05, 3.63) is 53.1 Å². The number of hydrogen-bond acceptors (Lipinski definition) is 0. The van der Waals surface area contributed by atoms with Crippen molar-refractivity contribution in [1.82, 2.24) is 0 Å². The molecule has 59 valence electrons. The third kappa shape index (κ3) is 1.44. The van der Waals surface area contributed by atoms with Crippen molar-refractivity contribution in [2.24, 2.45) is 0 Å². The smallest absolute Gasteiger partial charge is 0.0406 e. The quantitative estimate of drug-likeness (QED) is 0.613. The minimum atomic E-state index is 0.779. The van der Waals surface area contributed by atoms with Gasteiger partial charge in [0, 0.05) is 5.02 Å². The van der Waals surface area contributed by atoms with Gasteiger partial charge in [0.2, 0.25) is 0 Å². The minimum Gasteiger partial charge on any atom is -0.0843 e. The van der Waals surface area contributed by atoms with E-state index in [4.69, 9.17) is 11.6 Å². The molecule has 1 heteroatoms. The van der Waals surface area contributed by atoms with Crippen LogP contribution in [0.1, 0.15) is 12.0 Å². The van der Waals surface area contributed by atoms with Crippen LogP contribution >= 0.6 is 11.6 Å². The summed E-state index contributed by atoms with van der Waals surface area (Å²) in [6.45, 7) is 0. The second-order valence-corrected chi connectivity index (χ2v) is 3.14. The fraction of sp³-hybridized carbons (Fsp3) is 0.0909. The molecule has 12 heavy (non-hydrogen) atoms. The van der Waals surface area contributed by atoms with E-state index in [1.54, 1.807) is 0 Å². The Morgan fingerprint density at radius 2 is 1.92 bits per heavy atom. The number of halogens is 1. The average Bonchev–Trinajstić information content (AvgIpc) is 2.58. The van der Waals surface area contributed by atoms with E-state index in [1.165, 1.54) is 11.1 Å². The first-order chi connectivity index (χ1) is 5.86. The molecule has 0 bridgehead atoms. The Kier molecular flexibility index (Phi) is 2.01. The number of allylic oxidation sites excluding steroid dienone is 4. The SMILES string of the molecule is Clc1ccc(C2=[C]CC=C2)cc1. The molecule has 0 nitrogen and oxygen atoms in total. The molecule has 0 atom stereocenters. The number of rotatable bonds is 1. The fourth-order valence-electron chi connectivity index (χ4n) is 1.23. The van der Waals surface area contributed by atoms with Crippen LogP contribution in [0.25, 0.3) is 5.57 Å². The summed E-state index contributed by atoms with van der Waals surface area (Å²) < 4.78 is 0. The molecule has 0 spiro atoms. The van der Waals surface area contributed by atoms with E-state index >= 15 is 0 Å². The summed E-state index contributed by atoms with van der Waals surface area (Å²) in [7, 11) is 0. The monoisotopic (exact) mass is 175 g/mol. The van der Waals surface area contributed by atoms with Gasteiger partial charge < -0.3 is 0 Å². The molecule has 0 N–H and O–H groups in total. The van der Waals surface area contributed by atoms with Gasteiger partial charge in [-0.2, -0.15) is 0 Å². The van der Waals surface area contributed by atoms with Crippen molar-refractivity contribution >= 4 is 17.2 Å². The molecule has 0 fully saturated rings. The van der Waals surface area contributed by atoms with E-state index in [-0.39, 0.29) is 0 Å². The minimum absolute atomic E-state index is 0.779. The molecule has 0 unspecified atom stereocenters. The Morgan fingerprint density at radius 3 is 2.50 bits per heavy atom.